The average Bonchev–Trinajstić information content (AvgIpc) is 2.51. The molecule has 0 aromatic heterocycles. The minimum absolute atomic E-state index is 0.252. The quantitative estimate of drug-likeness (QED) is 0.810. The summed E-state index contributed by atoms with van der Waals surface area (Å²) >= 11 is 1.75. The molecule has 1 aliphatic heterocycles. The molecule has 21 heavy (non-hydrogen) atoms. The van der Waals surface area contributed by atoms with Crippen LogP contribution >= 0.6 is 11.8 Å². The fourth-order valence-electron chi connectivity index (χ4n) is 3.02. The van der Waals surface area contributed by atoms with E-state index in [0.717, 1.165) is 19.6 Å². The maximum atomic E-state index is 9.36. The lowest BCUT2D eigenvalue weighted by Crippen LogP contribution is -2.48. The molecule has 0 saturated carbocycles. The normalized spacial score (nSPS) is 20.3. The van der Waals surface area contributed by atoms with E-state index in [-0.39, 0.29) is 6.61 Å². The molecular weight excluding hydrogens is 280 g/mol. The van der Waals surface area contributed by atoms with Crippen molar-refractivity contribution in [3.05, 3.63) is 35.9 Å². The summed E-state index contributed by atoms with van der Waals surface area (Å²) in [5, 5.41) is 13.4. The molecule has 1 aromatic rings. The fraction of sp³-hybridized carbons (Fsp3) is 0.647. The molecule has 2 N–H and O–H groups in total. The zero-order chi connectivity index (χ0) is 15.1. The lowest BCUT2D eigenvalue weighted by atomic mass is 10.0. The van der Waals surface area contributed by atoms with E-state index in [9.17, 15) is 5.11 Å². The van der Waals surface area contributed by atoms with E-state index in [1.54, 1.807) is 11.8 Å². The minimum Gasteiger partial charge on any atom is -0.395 e. The highest BCUT2D eigenvalue weighted by molar-refractivity contribution is 7.99. The first-order chi connectivity index (χ1) is 10.2. The van der Waals surface area contributed by atoms with Crippen molar-refractivity contribution in [2.24, 2.45) is 0 Å². The molecule has 0 bridgehead atoms. The Morgan fingerprint density at radius 3 is 2.52 bits per heavy atom. The van der Waals surface area contributed by atoms with Crippen LogP contribution in [0.3, 0.4) is 0 Å². The molecule has 2 atom stereocenters. The molecule has 0 spiro atoms. The molecule has 1 saturated heterocycles. The van der Waals surface area contributed by atoms with Gasteiger partial charge in [0.1, 0.15) is 0 Å². The Morgan fingerprint density at radius 1 is 1.29 bits per heavy atom. The number of nitrogens with zero attached hydrogens (tertiary/aromatic N) is 1. The van der Waals surface area contributed by atoms with Gasteiger partial charge in [0.15, 0.2) is 0 Å². The van der Waals surface area contributed by atoms with Crippen molar-refractivity contribution in [1.82, 2.24) is 10.2 Å². The van der Waals surface area contributed by atoms with Crippen LogP contribution in [-0.2, 0) is 6.54 Å². The Balaban J connectivity index is 1.73. The van der Waals surface area contributed by atoms with E-state index in [2.05, 4.69) is 53.7 Å². The monoisotopic (exact) mass is 308 g/mol. The molecule has 1 fully saturated rings. The van der Waals surface area contributed by atoms with E-state index >= 15 is 0 Å². The number of aliphatic hydroxyl groups is 1. The molecule has 3 nitrogen and oxygen atoms in total. The molecule has 0 aliphatic carbocycles. The summed E-state index contributed by atoms with van der Waals surface area (Å²) in [6, 6.07) is 11.7. The van der Waals surface area contributed by atoms with E-state index in [4.69, 9.17) is 0 Å². The van der Waals surface area contributed by atoms with Crippen LogP contribution in [0.2, 0.25) is 0 Å². The fourth-order valence-corrected chi connectivity index (χ4v) is 3.65. The first-order valence-electron chi connectivity index (χ1n) is 7.89. The molecule has 4 heteroatoms. The molecule has 118 valence electrons. The van der Waals surface area contributed by atoms with Crippen LogP contribution in [0, 0.1) is 0 Å². The highest BCUT2D eigenvalue weighted by atomic mass is 32.2. The highest BCUT2D eigenvalue weighted by Crippen LogP contribution is 2.17. The van der Waals surface area contributed by atoms with Crippen molar-refractivity contribution < 1.29 is 5.11 Å². The summed E-state index contributed by atoms with van der Waals surface area (Å²) in [5.74, 6) is 0. The predicted octanol–water partition coefficient (Wildman–Crippen LogP) is 2.35. The molecule has 1 aromatic carbocycles. The SMILES string of the molecule is CSC(CO)C(C)NC1CCN(Cc2ccccc2)CC1. The predicted molar refractivity (Wildman–Crippen MR) is 91.7 cm³/mol. The van der Waals surface area contributed by atoms with Crippen molar-refractivity contribution >= 4 is 11.8 Å². The van der Waals surface area contributed by atoms with E-state index in [0.29, 0.717) is 17.3 Å². The number of benzene rings is 1. The number of aliphatic hydroxyl groups excluding tert-OH is 1. The molecule has 2 rings (SSSR count). The molecular formula is C17H28N2OS. The van der Waals surface area contributed by atoms with Gasteiger partial charge in [-0.15, -0.1) is 0 Å². The van der Waals surface area contributed by atoms with Gasteiger partial charge in [0, 0.05) is 23.9 Å². The molecule has 1 aliphatic rings. The molecule has 0 amide bonds. The zero-order valence-corrected chi connectivity index (χ0v) is 14.0. The average molecular weight is 308 g/mol. The van der Waals surface area contributed by atoms with Gasteiger partial charge in [-0.3, -0.25) is 4.90 Å². The summed E-state index contributed by atoms with van der Waals surface area (Å²) < 4.78 is 0. The lowest BCUT2D eigenvalue weighted by molar-refractivity contribution is 0.180. The van der Waals surface area contributed by atoms with Crippen molar-refractivity contribution in [2.45, 2.75) is 43.6 Å². The van der Waals surface area contributed by atoms with Gasteiger partial charge in [0.25, 0.3) is 0 Å². The summed E-state index contributed by atoms with van der Waals surface area (Å²) in [5.41, 5.74) is 1.40. The van der Waals surface area contributed by atoms with Crippen LogP contribution in [0.1, 0.15) is 25.3 Å². The van der Waals surface area contributed by atoms with E-state index < -0.39 is 0 Å². The van der Waals surface area contributed by atoms with Crippen LogP contribution in [0.5, 0.6) is 0 Å². The molecule has 1 heterocycles. The molecule has 0 radical (unpaired) electrons. The van der Waals surface area contributed by atoms with Gasteiger partial charge in [-0.25, -0.2) is 0 Å². The van der Waals surface area contributed by atoms with Crippen molar-refractivity contribution in [3.63, 3.8) is 0 Å². The van der Waals surface area contributed by atoms with E-state index in [1.165, 1.54) is 18.4 Å². The number of hydrogen-bond donors (Lipinski definition) is 2. The Labute approximate surface area is 133 Å². The number of nitrogens with one attached hydrogen (secondary N) is 1. The van der Waals surface area contributed by atoms with Crippen LogP contribution < -0.4 is 5.32 Å². The smallest absolute Gasteiger partial charge is 0.0564 e. The van der Waals surface area contributed by atoms with Gasteiger partial charge in [-0.1, -0.05) is 30.3 Å². The van der Waals surface area contributed by atoms with Crippen molar-refractivity contribution in [2.75, 3.05) is 26.0 Å². The molecule has 2 unspecified atom stereocenters. The zero-order valence-electron chi connectivity index (χ0n) is 13.2. The number of rotatable bonds is 7. The van der Waals surface area contributed by atoms with Crippen molar-refractivity contribution in [3.8, 4) is 0 Å². The van der Waals surface area contributed by atoms with Crippen LogP contribution in [0.25, 0.3) is 0 Å². The van der Waals surface area contributed by atoms with Gasteiger partial charge in [0.2, 0.25) is 0 Å². The second-order valence-corrected chi connectivity index (χ2v) is 7.02. The largest absolute Gasteiger partial charge is 0.395 e. The third kappa shape index (κ3) is 5.29. The van der Waals surface area contributed by atoms with E-state index in [1.807, 2.05) is 0 Å². The Kier molecular flexibility index (Phi) is 7.04. The van der Waals surface area contributed by atoms with Gasteiger partial charge in [-0.2, -0.15) is 11.8 Å². The highest BCUT2D eigenvalue weighted by Gasteiger charge is 2.23. The number of piperidine rings is 1. The Bertz CT molecular complexity index is 389. The Morgan fingerprint density at radius 2 is 1.95 bits per heavy atom. The van der Waals surface area contributed by atoms with Crippen molar-refractivity contribution in [1.29, 1.82) is 0 Å². The van der Waals surface area contributed by atoms with Crippen LogP contribution in [0.15, 0.2) is 30.3 Å². The minimum atomic E-state index is 0.252. The lowest BCUT2D eigenvalue weighted by Gasteiger charge is -2.35. The van der Waals surface area contributed by atoms with Crippen LogP contribution in [0.4, 0.5) is 0 Å². The maximum absolute atomic E-state index is 9.36. The topological polar surface area (TPSA) is 35.5 Å². The second kappa shape index (κ2) is 8.79. The number of hydrogen-bond acceptors (Lipinski definition) is 4. The van der Waals surface area contributed by atoms with Gasteiger partial charge < -0.3 is 10.4 Å². The van der Waals surface area contributed by atoms with Crippen LogP contribution in [-0.4, -0.2) is 53.3 Å². The number of likely N-dealkylation sites (tertiary alicyclic amines) is 1. The maximum Gasteiger partial charge on any atom is 0.0564 e. The standard InChI is InChI=1S/C17H28N2OS/c1-14(17(13-20)21-2)18-16-8-10-19(11-9-16)12-15-6-4-3-5-7-15/h3-7,14,16-18,20H,8-13H2,1-2H3. The summed E-state index contributed by atoms with van der Waals surface area (Å²) in [4.78, 5) is 2.54. The summed E-state index contributed by atoms with van der Waals surface area (Å²) in [7, 11) is 0. The Hall–Kier alpha value is -0.550. The third-order valence-electron chi connectivity index (χ3n) is 4.38. The second-order valence-electron chi connectivity index (χ2n) is 5.95. The number of thioether (sulfide) groups is 1. The van der Waals surface area contributed by atoms with Gasteiger partial charge in [0.05, 0.1) is 6.61 Å². The first-order valence-corrected chi connectivity index (χ1v) is 9.17. The first kappa shape index (κ1) is 16.8. The third-order valence-corrected chi connectivity index (χ3v) is 5.54. The van der Waals surface area contributed by atoms with Gasteiger partial charge in [-0.05, 0) is 44.7 Å². The van der Waals surface area contributed by atoms with Gasteiger partial charge >= 0.3 is 0 Å². The summed E-state index contributed by atoms with van der Waals surface area (Å²) in [6.45, 7) is 5.81. The summed E-state index contributed by atoms with van der Waals surface area (Å²) in [6.07, 6.45) is 4.47.